The largest absolute Gasteiger partial charge is 0.394 e. The SMILES string of the molecule is CNC(=O)[C@H]1[C@H]2C(=O)N([C@@H](CO)Cc3ccccc3)C(C(=O)Nc3c(C)cccc3C)C23CC(Br)[C@@H]1O3. The van der Waals surface area contributed by atoms with Crippen LogP contribution in [0.25, 0.3) is 0 Å². The van der Waals surface area contributed by atoms with Crippen LogP contribution >= 0.6 is 15.9 Å². The van der Waals surface area contributed by atoms with Gasteiger partial charge in [0.2, 0.25) is 17.7 Å². The average molecular weight is 570 g/mol. The molecular weight excluding hydrogens is 538 g/mol. The van der Waals surface area contributed by atoms with E-state index in [-0.39, 0.29) is 29.2 Å². The van der Waals surface area contributed by atoms with Crippen LogP contribution in [0.2, 0.25) is 0 Å². The Labute approximate surface area is 224 Å². The van der Waals surface area contributed by atoms with Gasteiger partial charge < -0.3 is 25.4 Å². The minimum atomic E-state index is -1.18. The summed E-state index contributed by atoms with van der Waals surface area (Å²) in [5.74, 6) is -2.53. The quantitative estimate of drug-likeness (QED) is 0.443. The molecule has 3 N–H and O–H groups in total. The first kappa shape index (κ1) is 25.9. The number of aliphatic hydroxyl groups is 1. The Balaban J connectivity index is 1.59. The predicted octanol–water partition coefficient (Wildman–Crippen LogP) is 2.34. The second-order valence-electron chi connectivity index (χ2n) is 10.3. The lowest BCUT2D eigenvalue weighted by Crippen LogP contribution is -2.57. The van der Waals surface area contributed by atoms with Gasteiger partial charge in [-0.25, -0.2) is 0 Å². The van der Waals surface area contributed by atoms with Crippen LogP contribution < -0.4 is 10.6 Å². The number of carbonyl (C=O) groups is 3. The van der Waals surface area contributed by atoms with E-state index < -0.39 is 35.6 Å². The fourth-order valence-electron chi connectivity index (χ4n) is 6.57. The molecule has 9 heteroatoms. The van der Waals surface area contributed by atoms with E-state index in [1.807, 2.05) is 62.4 Å². The van der Waals surface area contributed by atoms with Gasteiger partial charge in [-0.2, -0.15) is 0 Å². The number of benzene rings is 2. The minimum Gasteiger partial charge on any atom is -0.394 e. The van der Waals surface area contributed by atoms with Crippen LogP contribution in [0.3, 0.4) is 0 Å². The van der Waals surface area contributed by atoms with Crippen LogP contribution in [0.5, 0.6) is 0 Å². The molecule has 3 amide bonds. The van der Waals surface area contributed by atoms with Crippen LogP contribution in [0.1, 0.15) is 23.1 Å². The van der Waals surface area contributed by atoms with Gasteiger partial charge in [0.05, 0.1) is 30.6 Å². The number of hydrogen-bond acceptors (Lipinski definition) is 5. The number of halogens is 1. The smallest absolute Gasteiger partial charge is 0.250 e. The molecule has 3 aliphatic heterocycles. The summed E-state index contributed by atoms with van der Waals surface area (Å²) in [5.41, 5.74) is 2.25. The lowest BCUT2D eigenvalue weighted by molar-refractivity contribution is -0.143. The molecule has 1 spiro atoms. The van der Waals surface area contributed by atoms with Crippen molar-refractivity contribution in [2.24, 2.45) is 11.8 Å². The zero-order valence-corrected chi connectivity index (χ0v) is 22.7. The fourth-order valence-corrected chi connectivity index (χ4v) is 7.51. The second kappa shape index (κ2) is 9.85. The maximum absolute atomic E-state index is 14.2. The van der Waals surface area contributed by atoms with E-state index in [0.717, 1.165) is 16.7 Å². The van der Waals surface area contributed by atoms with Crippen molar-refractivity contribution in [1.82, 2.24) is 10.2 Å². The van der Waals surface area contributed by atoms with Gasteiger partial charge in [0.1, 0.15) is 11.6 Å². The van der Waals surface area contributed by atoms with Crippen molar-refractivity contribution in [3.8, 4) is 0 Å². The molecule has 3 heterocycles. The topological polar surface area (TPSA) is 108 Å². The summed E-state index contributed by atoms with van der Waals surface area (Å²) in [6, 6.07) is 13.6. The molecule has 3 aliphatic rings. The van der Waals surface area contributed by atoms with E-state index in [0.29, 0.717) is 18.5 Å². The van der Waals surface area contributed by atoms with E-state index in [4.69, 9.17) is 4.74 Å². The number of ether oxygens (including phenoxy) is 1. The summed E-state index contributed by atoms with van der Waals surface area (Å²) in [7, 11) is 1.54. The monoisotopic (exact) mass is 569 g/mol. The van der Waals surface area contributed by atoms with Crippen molar-refractivity contribution >= 4 is 39.3 Å². The Morgan fingerprint density at radius 1 is 1.14 bits per heavy atom. The normalized spacial score (nSPS) is 30.8. The Kier molecular flexibility index (Phi) is 6.89. The number of hydrogen-bond donors (Lipinski definition) is 3. The Morgan fingerprint density at radius 2 is 1.81 bits per heavy atom. The van der Waals surface area contributed by atoms with Crippen molar-refractivity contribution < 1.29 is 24.2 Å². The lowest BCUT2D eigenvalue weighted by atomic mass is 9.70. The maximum atomic E-state index is 14.2. The first-order chi connectivity index (χ1) is 17.7. The minimum absolute atomic E-state index is 0.184. The number of alkyl halides is 1. The van der Waals surface area contributed by atoms with Crippen molar-refractivity contribution in [2.45, 2.75) is 55.3 Å². The summed E-state index contributed by atoms with van der Waals surface area (Å²) >= 11 is 3.66. The molecule has 5 rings (SSSR count). The van der Waals surface area contributed by atoms with Crippen molar-refractivity contribution in [3.05, 3.63) is 65.2 Å². The molecule has 7 atom stereocenters. The third kappa shape index (κ3) is 4.08. The Hall–Kier alpha value is -2.75. The fraction of sp³-hybridized carbons (Fsp3) is 0.464. The molecule has 3 saturated heterocycles. The lowest BCUT2D eigenvalue weighted by Gasteiger charge is -2.37. The molecule has 2 aromatic carbocycles. The zero-order chi connectivity index (χ0) is 26.5. The van der Waals surface area contributed by atoms with Gasteiger partial charge in [-0.1, -0.05) is 64.5 Å². The number of carbonyl (C=O) groups excluding carboxylic acids is 3. The van der Waals surface area contributed by atoms with Crippen molar-refractivity contribution in [3.63, 3.8) is 0 Å². The highest BCUT2D eigenvalue weighted by molar-refractivity contribution is 9.09. The number of likely N-dealkylation sites (tertiary alicyclic amines) is 1. The van der Waals surface area contributed by atoms with Gasteiger partial charge in [0.15, 0.2) is 0 Å². The number of anilines is 1. The molecule has 0 aliphatic carbocycles. The molecule has 8 nitrogen and oxygen atoms in total. The van der Waals surface area contributed by atoms with Crippen molar-refractivity contribution in [2.75, 3.05) is 19.0 Å². The molecule has 0 aromatic heterocycles. The maximum Gasteiger partial charge on any atom is 0.250 e. The van der Waals surface area contributed by atoms with Gasteiger partial charge >= 0.3 is 0 Å². The van der Waals surface area contributed by atoms with E-state index in [9.17, 15) is 19.5 Å². The van der Waals surface area contributed by atoms with Crippen LogP contribution in [0.15, 0.2) is 48.5 Å². The van der Waals surface area contributed by atoms with Gasteiger partial charge in [0.25, 0.3) is 0 Å². The number of aryl methyl sites for hydroxylation is 2. The van der Waals surface area contributed by atoms with Crippen LogP contribution in [-0.2, 0) is 25.5 Å². The highest BCUT2D eigenvalue weighted by Crippen LogP contribution is 2.60. The molecule has 3 fully saturated rings. The van der Waals surface area contributed by atoms with Crippen LogP contribution in [-0.4, -0.2) is 70.0 Å². The van der Waals surface area contributed by atoms with E-state index in [1.165, 1.54) is 4.90 Å². The van der Waals surface area contributed by atoms with Gasteiger partial charge in [-0.3, -0.25) is 14.4 Å². The average Bonchev–Trinajstić information content (AvgIpc) is 3.48. The number of rotatable bonds is 7. The molecule has 37 heavy (non-hydrogen) atoms. The molecule has 0 radical (unpaired) electrons. The number of fused-ring (bicyclic) bond motifs is 1. The number of aliphatic hydroxyl groups excluding tert-OH is 1. The van der Waals surface area contributed by atoms with E-state index >= 15 is 0 Å². The van der Waals surface area contributed by atoms with E-state index in [2.05, 4.69) is 26.6 Å². The number of nitrogens with one attached hydrogen (secondary N) is 2. The summed E-state index contributed by atoms with van der Waals surface area (Å²) in [6.07, 6.45) is 0.255. The van der Waals surface area contributed by atoms with Crippen molar-refractivity contribution in [1.29, 1.82) is 0 Å². The highest BCUT2D eigenvalue weighted by Gasteiger charge is 2.77. The second-order valence-corrected chi connectivity index (χ2v) is 11.5. The van der Waals surface area contributed by atoms with Gasteiger partial charge in [-0.15, -0.1) is 0 Å². The molecule has 2 bridgehead atoms. The van der Waals surface area contributed by atoms with E-state index in [1.54, 1.807) is 7.05 Å². The molecule has 196 valence electrons. The molecule has 2 aromatic rings. The zero-order valence-electron chi connectivity index (χ0n) is 21.1. The molecular formula is C28H32BrN3O5. The summed E-state index contributed by atoms with van der Waals surface area (Å²) in [6.45, 7) is 3.50. The standard InChI is InChI=1S/C28H32BrN3O5/c1-15-8-7-9-16(2)22(15)31-26(35)24-28-13-19(29)23(37-28)20(25(34)30-3)21(28)27(36)32(24)18(14-33)12-17-10-5-4-6-11-17/h4-11,18-21,23-24,33H,12-14H2,1-3H3,(H,30,34)(H,31,35)/t18-,19?,20+,21+,23+,24?,28?/m1/s1. The molecule has 3 unspecified atom stereocenters. The Morgan fingerprint density at radius 3 is 2.43 bits per heavy atom. The third-order valence-electron chi connectivity index (χ3n) is 8.17. The third-order valence-corrected chi connectivity index (χ3v) is 9.02. The number of amides is 3. The summed E-state index contributed by atoms with van der Waals surface area (Å²) in [4.78, 5) is 42.6. The van der Waals surface area contributed by atoms with Crippen LogP contribution in [0, 0.1) is 25.7 Å². The van der Waals surface area contributed by atoms with Crippen LogP contribution in [0.4, 0.5) is 5.69 Å². The first-order valence-corrected chi connectivity index (χ1v) is 13.5. The highest BCUT2D eigenvalue weighted by atomic mass is 79.9. The summed E-state index contributed by atoms with van der Waals surface area (Å²) in [5, 5.41) is 16.2. The predicted molar refractivity (Wildman–Crippen MR) is 142 cm³/mol. The Bertz CT molecular complexity index is 1200. The molecule has 0 saturated carbocycles. The summed E-state index contributed by atoms with van der Waals surface area (Å²) < 4.78 is 6.50. The number of para-hydroxylation sites is 1. The number of nitrogens with zero attached hydrogens (tertiary/aromatic N) is 1. The first-order valence-electron chi connectivity index (χ1n) is 12.6. The van der Waals surface area contributed by atoms with Gasteiger partial charge in [0, 0.05) is 17.6 Å². The van der Waals surface area contributed by atoms with Gasteiger partial charge in [-0.05, 0) is 43.4 Å².